The number of nitrogens with one attached hydrogen (secondary N) is 1. The molecule has 0 aromatic carbocycles. The molecule has 3 heterocycles. The molecule has 0 atom stereocenters. The third kappa shape index (κ3) is 4.25. The summed E-state index contributed by atoms with van der Waals surface area (Å²) in [5.74, 6) is 2.11. The maximum absolute atomic E-state index is 12.1. The summed E-state index contributed by atoms with van der Waals surface area (Å²) in [6.45, 7) is 7.35. The predicted molar refractivity (Wildman–Crippen MR) is 101 cm³/mol. The van der Waals surface area contributed by atoms with Crippen LogP contribution < -0.4 is 15.1 Å². The van der Waals surface area contributed by atoms with Crippen LogP contribution in [0.4, 0.5) is 17.6 Å². The molecular formula is C18H25N7O. The van der Waals surface area contributed by atoms with E-state index in [1.165, 1.54) is 0 Å². The van der Waals surface area contributed by atoms with Crippen molar-refractivity contribution in [1.29, 1.82) is 0 Å². The molecule has 0 radical (unpaired) electrons. The second-order valence-electron chi connectivity index (χ2n) is 6.30. The van der Waals surface area contributed by atoms with Crippen molar-refractivity contribution >= 4 is 23.5 Å². The van der Waals surface area contributed by atoms with E-state index in [-0.39, 0.29) is 11.8 Å². The first-order chi connectivity index (χ1) is 12.7. The van der Waals surface area contributed by atoms with Gasteiger partial charge in [0.25, 0.3) is 0 Å². The van der Waals surface area contributed by atoms with Crippen LogP contribution in [0.2, 0.25) is 0 Å². The van der Waals surface area contributed by atoms with Crippen molar-refractivity contribution < 1.29 is 4.79 Å². The lowest BCUT2D eigenvalue weighted by atomic mass is 10.0. The number of carbonyl (C=O) groups is 1. The van der Waals surface area contributed by atoms with Crippen LogP contribution in [0.3, 0.4) is 0 Å². The Hall–Kier alpha value is -2.77. The third-order valence-corrected chi connectivity index (χ3v) is 4.70. The van der Waals surface area contributed by atoms with E-state index in [1.54, 1.807) is 12.4 Å². The minimum absolute atomic E-state index is 0.00789. The molecule has 0 saturated carbocycles. The number of piperazine rings is 1. The highest BCUT2D eigenvalue weighted by Gasteiger charge is 2.20. The summed E-state index contributed by atoms with van der Waals surface area (Å²) in [4.78, 5) is 25.1. The van der Waals surface area contributed by atoms with Crippen molar-refractivity contribution in [3.63, 3.8) is 0 Å². The van der Waals surface area contributed by atoms with Gasteiger partial charge in [0.05, 0.1) is 0 Å². The Morgan fingerprint density at radius 1 is 1.04 bits per heavy atom. The molecule has 1 N–H and O–H groups in total. The SMILES string of the molecule is CCC(CC)C(=O)Nc1ccc(N2CCN(c3ncccn3)CC2)nn1. The predicted octanol–water partition coefficient (Wildman–Crippen LogP) is 1.97. The zero-order valence-corrected chi connectivity index (χ0v) is 15.3. The van der Waals surface area contributed by atoms with Gasteiger partial charge in [0.2, 0.25) is 11.9 Å². The van der Waals surface area contributed by atoms with Crippen molar-refractivity contribution in [3.8, 4) is 0 Å². The van der Waals surface area contributed by atoms with Gasteiger partial charge in [-0.25, -0.2) is 9.97 Å². The van der Waals surface area contributed by atoms with Gasteiger partial charge in [-0.05, 0) is 31.0 Å². The van der Waals surface area contributed by atoms with Gasteiger partial charge in [-0.15, -0.1) is 10.2 Å². The number of aromatic nitrogens is 4. The fraction of sp³-hybridized carbons (Fsp3) is 0.500. The van der Waals surface area contributed by atoms with Crippen LogP contribution in [0.1, 0.15) is 26.7 Å². The highest BCUT2D eigenvalue weighted by Crippen LogP contribution is 2.17. The Morgan fingerprint density at radius 2 is 1.69 bits per heavy atom. The van der Waals surface area contributed by atoms with E-state index in [0.717, 1.165) is 50.8 Å². The Bertz CT molecular complexity index is 695. The summed E-state index contributed by atoms with van der Waals surface area (Å²) >= 11 is 0. The molecule has 26 heavy (non-hydrogen) atoms. The Labute approximate surface area is 153 Å². The van der Waals surface area contributed by atoms with Gasteiger partial charge in [-0.3, -0.25) is 4.79 Å². The maximum atomic E-state index is 12.1. The molecule has 8 nitrogen and oxygen atoms in total. The van der Waals surface area contributed by atoms with Crippen molar-refractivity contribution in [2.24, 2.45) is 5.92 Å². The maximum Gasteiger partial charge on any atom is 0.228 e. The Kier molecular flexibility index (Phi) is 5.93. The minimum Gasteiger partial charge on any atom is -0.352 e. The first-order valence-corrected chi connectivity index (χ1v) is 9.12. The number of anilines is 3. The average molecular weight is 355 g/mol. The third-order valence-electron chi connectivity index (χ3n) is 4.70. The van der Waals surface area contributed by atoms with Crippen molar-refractivity contribution in [2.45, 2.75) is 26.7 Å². The lowest BCUT2D eigenvalue weighted by Crippen LogP contribution is -2.47. The van der Waals surface area contributed by atoms with Crippen LogP contribution in [0.5, 0.6) is 0 Å². The topological polar surface area (TPSA) is 87.1 Å². The molecule has 0 unspecified atom stereocenters. The summed E-state index contributed by atoms with van der Waals surface area (Å²) in [7, 11) is 0. The van der Waals surface area contributed by atoms with E-state index in [0.29, 0.717) is 5.82 Å². The molecule has 1 aliphatic rings. The highest BCUT2D eigenvalue weighted by atomic mass is 16.1. The molecular weight excluding hydrogens is 330 g/mol. The van der Waals surface area contributed by atoms with Crippen molar-refractivity contribution in [1.82, 2.24) is 20.2 Å². The molecule has 8 heteroatoms. The van der Waals surface area contributed by atoms with E-state index < -0.39 is 0 Å². The molecule has 1 fully saturated rings. The fourth-order valence-electron chi connectivity index (χ4n) is 3.04. The van der Waals surface area contributed by atoms with Crippen LogP contribution in [0, 0.1) is 5.92 Å². The van der Waals surface area contributed by atoms with E-state index in [4.69, 9.17) is 0 Å². The van der Waals surface area contributed by atoms with Crippen LogP contribution in [0.15, 0.2) is 30.6 Å². The summed E-state index contributed by atoms with van der Waals surface area (Å²) < 4.78 is 0. The van der Waals surface area contributed by atoms with Crippen LogP contribution >= 0.6 is 0 Å². The van der Waals surface area contributed by atoms with Gasteiger partial charge in [0, 0.05) is 44.5 Å². The van der Waals surface area contributed by atoms with E-state index in [1.807, 2.05) is 32.0 Å². The number of amides is 1. The molecule has 1 saturated heterocycles. The van der Waals surface area contributed by atoms with Crippen molar-refractivity contribution in [2.75, 3.05) is 41.3 Å². The number of carbonyl (C=O) groups excluding carboxylic acids is 1. The first kappa shape index (κ1) is 18.0. The molecule has 1 aliphatic heterocycles. The van der Waals surface area contributed by atoms with E-state index in [2.05, 4.69) is 35.3 Å². The Balaban J connectivity index is 1.55. The number of nitrogens with zero attached hydrogens (tertiary/aromatic N) is 6. The van der Waals surface area contributed by atoms with Gasteiger partial charge in [-0.1, -0.05) is 13.8 Å². The summed E-state index contributed by atoms with van der Waals surface area (Å²) in [5, 5.41) is 11.3. The molecule has 2 aromatic heterocycles. The second-order valence-corrected chi connectivity index (χ2v) is 6.30. The monoisotopic (exact) mass is 355 g/mol. The lowest BCUT2D eigenvalue weighted by Gasteiger charge is -2.35. The fourth-order valence-corrected chi connectivity index (χ4v) is 3.04. The van der Waals surface area contributed by atoms with Crippen LogP contribution in [-0.2, 0) is 4.79 Å². The molecule has 0 aliphatic carbocycles. The van der Waals surface area contributed by atoms with Crippen LogP contribution in [0.25, 0.3) is 0 Å². The van der Waals surface area contributed by atoms with Gasteiger partial charge in [-0.2, -0.15) is 0 Å². The van der Waals surface area contributed by atoms with Crippen LogP contribution in [-0.4, -0.2) is 52.3 Å². The molecule has 1 amide bonds. The normalized spacial score (nSPS) is 14.6. The van der Waals surface area contributed by atoms with E-state index >= 15 is 0 Å². The molecule has 0 spiro atoms. The molecule has 3 rings (SSSR count). The summed E-state index contributed by atoms with van der Waals surface area (Å²) in [6, 6.07) is 5.54. The Morgan fingerprint density at radius 3 is 2.27 bits per heavy atom. The minimum atomic E-state index is 0.00789. The average Bonchev–Trinajstić information content (AvgIpc) is 2.70. The van der Waals surface area contributed by atoms with Gasteiger partial charge in [0.15, 0.2) is 11.6 Å². The largest absolute Gasteiger partial charge is 0.352 e. The summed E-state index contributed by atoms with van der Waals surface area (Å²) in [6.07, 6.45) is 5.16. The second kappa shape index (κ2) is 8.55. The quantitative estimate of drug-likeness (QED) is 0.847. The van der Waals surface area contributed by atoms with Gasteiger partial charge >= 0.3 is 0 Å². The molecule has 138 valence electrons. The first-order valence-electron chi connectivity index (χ1n) is 9.12. The van der Waals surface area contributed by atoms with Crippen molar-refractivity contribution in [3.05, 3.63) is 30.6 Å². The lowest BCUT2D eigenvalue weighted by molar-refractivity contribution is -0.120. The number of hydrogen-bond acceptors (Lipinski definition) is 7. The smallest absolute Gasteiger partial charge is 0.228 e. The van der Waals surface area contributed by atoms with E-state index in [9.17, 15) is 4.79 Å². The highest BCUT2D eigenvalue weighted by molar-refractivity contribution is 5.91. The van der Waals surface area contributed by atoms with Gasteiger partial charge < -0.3 is 15.1 Å². The van der Waals surface area contributed by atoms with Gasteiger partial charge in [0.1, 0.15) is 0 Å². The summed E-state index contributed by atoms with van der Waals surface area (Å²) in [5.41, 5.74) is 0. The standard InChI is InChI=1S/C18H25N7O/c1-3-14(4-2)17(26)21-15-6-7-16(23-22-15)24-10-12-25(13-11-24)18-19-8-5-9-20-18/h5-9,14H,3-4,10-13H2,1-2H3,(H,21,22,26). The number of hydrogen-bond donors (Lipinski definition) is 1. The molecule has 2 aromatic rings. The molecule has 0 bridgehead atoms. The zero-order chi connectivity index (χ0) is 18.4. The number of rotatable bonds is 6. The zero-order valence-electron chi connectivity index (χ0n) is 15.3.